The largest absolute Gasteiger partial charge is 0.449 e. The molecule has 1 atom stereocenters. The molecule has 9 heteroatoms. The number of piperazine rings is 1. The first-order valence-corrected chi connectivity index (χ1v) is 12.1. The Bertz CT molecular complexity index is 1420. The lowest BCUT2D eigenvalue weighted by Gasteiger charge is -2.39. The number of pyridine rings is 2. The molecule has 4 heterocycles. The van der Waals surface area contributed by atoms with Crippen LogP contribution in [-0.2, 0) is 4.74 Å². The van der Waals surface area contributed by atoms with Crippen molar-refractivity contribution in [2.24, 2.45) is 0 Å². The van der Waals surface area contributed by atoms with E-state index in [0.717, 1.165) is 28.4 Å². The van der Waals surface area contributed by atoms with Crippen molar-refractivity contribution in [1.29, 1.82) is 0 Å². The summed E-state index contributed by atoms with van der Waals surface area (Å²) in [7, 11) is 0. The second kappa shape index (κ2) is 9.54. The predicted octanol–water partition coefficient (Wildman–Crippen LogP) is 5.12. The first kappa shape index (κ1) is 23.1. The van der Waals surface area contributed by atoms with Gasteiger partial charge in [0.05, 0.1) is 22.8 Å². The maximum Gasteiger partial charge on any atom is 0.410 e. The average molecular weight is 492 g/mol. The van der Waals surface area contributed by atoms with Crippen molar-refractivity contribution in [1.82, 2.24) is 24.8 Å². The molecule has 0 aliphatic carbocycles. The fraction of sp³-hybridized carbons (Fsp3) is 0.308. The number of rotatable bonds is 4. The molecule has 0 bridgehead atoms. The predicted molar refractivity (Wildman–Crippen MR) is 136 cm³/mol. The number of hydrogen-bond donors (Lipinski definition) is 1. The Balaban J connectivity index is 1.39. The molecule has 5 rings (SSSR count). The normalized spacial score (nSPS) is 16.1. The van der Waals surface area contributed by atoms with Gasteiger partial charge in [-0.25, -0.2) is 14.8 Å². The molecule has 180 valence electrons. The Kier molecular flexibility index (Phi) is 6.30. The number of ether oxygens (including phenoxy) is 1. The summed E-state index contributed by atoms with van der Waals surface area (Å²) >= 11 is 6.58. The van der Waals surface area contributed by atoms with Crippen molar-refractivity contribution in [2.75, 3.05) is 26.2 Å². The van der Waals surface area contributed by atoms with E-state index < -0.39 is 0 Å². The van der Waals surface area contributed by atoms with Crippen LogP contribution in [0.4, 0.5) is 4.79 Å². The van der Waals surface area contributed by atoms with Gasteiger partial charge in [-0.1, -0.05) is 24.6 Å². The quantitative estimate of drug-likeness (QED) is 0.427. The van der Waals surface area contributed by atoms with Crippen molar-refractivity contribution in [3.63, 3.8) is 0 Å². The Labute approximate surface area is 207 Å². The van der Waals surface area contributed by atoms with Gasteiger partial charge in [-0.15, -0.1) is 0 Å². The summed E-state index contributed by atoms with van der Waals surface area (Å²) in [6, 6.07) is 11.0. The number of fused-ring (bicyclic) bond motifs is 2. The van der Waals surface area contributed by atoms with Gasteiger partial charge in [0.25, 0.3) is 5.91 Å². The van der Waals surface area contributed by atoms with E-state index in [1.54, 1.807) is 28.1 Å². The van der Waals surface area contributed by atoms with Crippen LogP contribution in [0, 0.1) is 0 Å². The zero-order valence-corrected chi connectivity index (χ0v) is 20.4. The third-order valence-electron chi connectivity index (χ3n) is 6.28. The van der Waals surface area contributed by atoms with E-state index >= 15 is 0 Å². The number of amides is 2. The molecule has 1 N–H and O–H groups in total. The maximum atomic E-state index is 13.3. The first-order chi connectivity index (χ1) is 16.9. The van der Waals surface area contributed by atoms with Crippen molar-refractivity contribution in [2.45, 2.75) is 26.3 Å². The number of nitrogens with one attached hydrogen (secondary N) is 1. The van der Waals surface area contributed by atoms with Crippen LogP contribution < -0.4 is 0 Å². The minimum atomic E-state index is -0.323. The molecule has 1 fully saturated rings. The van der Waals surface area contributed by atoms with Gasteiger partial charge in [0, 0.05) is 60.0 Å². The van der Waals surface area contributed by atoms with Crippen LogP contribution >= 0.6 is 11.6 Å². The van der Waals surface area contributed by atoms with Crippen LogP contribution in [0.2, 0.25) is 5.02 Å². The molecule has 4 aromatic rings. The Morgan fingerprint density at radius 3 is 2.86 bits per heavy atom. The second-order valence-corrected chi connectivity index (χ2v) is 9.18. The number of carbonyl (C=O) groups excluding carboxylic acids is 2. The number of benzene rings is 1. The Morgan fingerprint density at radius 1 is 1.20 bits per heavy atom. The average Bonchev–Trinajstić information content (AvgIpc) is 3.34. The second-order valence-electron chi connectivity index (χ2n) is 8.77. The third-order valence-corrected chi connectivity index (χ3v) is 6.59. The van der Waals surface area contributed by atoms with Crippen LogP contribution in [0.25, 0.3) is 33.2 Å². The number of aromatic nitrogens is 3. The highest BCUT2D eigenvalue weighted by atomic mass is 35.5. The molecule has 3 aromatic heterocycles. The molecule has 1 aliphatic heterocycles. The number of aromatic amines is 1. The standard InChI is InChI=1S/C26H26ClN5O3/c1-3-10-35-26(34)32-9-8-31(15-16(32)2)25(33)18-4-5-20-21(27)13-22(30-23(20)12-18)19-11-17-6-7-28-24(17)29-14-19/h4-7,11-14,16H,3,8-10,15H2,1-2H3,(H,28,29)/t16-/m1/s1. The van der Waals surface area contributed by atoms with E-state index in [4.69, 9.17) is 21.3 Å². The number of hydrogen-bond acceptors (Lipinski definition) is 5. The molecular weight excluding hydrogens is 466 g/mol. The topological polar surface area (TPSA) is 91.4 Å². The lowest BCUT2D eigenvalue weighted by molar-refractivity contribution is 0.0412. The Morgan fingerprint density at radius 2 is 2.06 bits per heavy atom. The number of halogens is 1. The van der Waals surface area contributed by atoms with E-state index in [-0.39, 0.29) is 18.0 Å². The van der Waals surface area contributed by atoms with Crippen molar-refractivity contribution < 1.29 is 14.3 Å². The van der Waals surface area contributed by atoms with Gasteiger partial charge in [-0.2, -0.15) is 0 Å². The number of nitrogens with zero attached hydrogens (tertiary/aromatic N) is 4. The van der Waals surface area contributed by atoms with Crippen LogP contribution in [0.15, 0.2) is 48.8 Å². The molecule has 0 unspecified atom stereocenters. The van der Waals surface area contributed by atoms with E-state index in [0.29, 0.717) is 48.0 Å². The van der Waals surface area contributed by atoms with Crippen LogP contribution in [0.3, 0.4) is 0 Å². The van der Waals surface area contributed by atoms with Crippen LogP contribution in [0.5, 0.6) is 0 Å². The number of carbonyl (C=O) groups is 2. The monoisotopic (exact) mass is 491 g/mol. The highest BCUT2D eigenvalue weighted by molar-refractivity contribution is 6.35. The van der Waals surface area contributed by atoms with Crippen molar-refractivity contribution in [3.8, 4) is 11.3 Å². The molecule has 1 saturated heterocycles. The summed E-state index contributed by atoms with van der Waals surface area (Å²) in [6.45, 7) is 5.60. The van der Waals surface area contributed by atoms with Gasteiger partial charge >= 0.3 is 6.09 Å². The van der Waals surface area contributed by atoms with Gasteiger partial charge in [-0.05, 0) is 43.7 Å². The highest BCUT2D eigenvalue weighted by Gasteiger charge is 2.31. The molecule has 1 aromatic carbocycles. The van der Waals surface area contributed by atoms with Gasteiger partial charge in [0.1, 0.15) is 5.65 Å². The minimum absolute atomic E-state index is 0.0981. The molecule has 1 aliphatic rings. The third kappa shape index (κ3) is 4.53. The molecule has 0 spiro atoms. The molecule has 35 heavy (non-hydrogen) atoms. The highest BCUT2D eigenvalue weighted by Crippen LogP contribution is 2.30. The minimum Gasteiger partial charge on any atom is -0.449 e. The van der Waals surface area contributed by atoms with Crippen molar-refractivity contribution in [3.05, 3.63) is 59.4 Å². The number of H-pyrrole nitrogens is 1. The fourth-order valence-electron chi connectivity index (χ4n) is 4.41. The molecule has 2 amide bonds. The summed E-state index contributed by atoms with van der Waals surface area (Å²) in [4.78, 5) is 41.3. The lowest BCUT2D eigenvalue weighted by Crippen LogP contribution is -2.55. The first-order valence-electron chi connectivity index (χ1n) is 11.7. The van der Waals surface area contributed by atoms with E-state index in [1.807, 2.05) is 44.3 Å². The van der Waals surface area contributed by atoms with E-state index in [9.17, 15) is 9.59 Å². The summed E-state index contributed by atoms with van der Waals surface area (Å²) in [6.07, 6.45) is 4.05. The zero-order valence-electron chi connectivity index (χ0n) is 19.6. The lowest BCUT2D eigenvalue weighted by atomic mass is 10.1. The molecular formula is C26H26ClN5O3. The Hall–Kier alpha value is -3.65. The summed E-state index contributed by atoms with van der Waals surface area (Å²) in [5.74, 6) is -0.0981. The molecule has 8 nitrogen and oxygen atoms in total. The smallest absolute Gasteiger partial charge is 0.410 e. The van der Waals surface area contributed by atoms with Gasteiger partial charge in [0.2, 0.25) is 0 Å². The summed E-state index contributed by atoms with van der Waals surface area (Å²) in [5, 5.41) is 2.32. The summed E-state index contributed by atoms with van der Waals surface area (Å²) in [5.41, 5.74) is 3.52. The zero-order chi connectivity index (χ0) is 24.5. The van der Waals surface area contributed by atoms with Gasteiger partial charge < -0.3 is 19.5 Å². The van der Waals surface area contributed by atoms with Gasteiger partial charge in [-0.3, -0.25) is 4.79 Å². The molecule has 0 radical (unpaired) electrons. The van der Waals surface area contributed by atoms with E-state index in [2.05, 4.69) is 9.97 Å². The van der Waals surface area contributed by atoms with Crippen molar-refractivity contribution >= 4 is 45.5 Å². The van der Waals surface area contributed by atoms with E-state index in [1.165, 1.54) is 0 Å². The fourth-order valence-corrected chi connectivity index (χ4v) is 4.68. The summed E-state index contributed by atoms with van der Waals surface area (Å²) < 4.78 is 5.26. The SMILES string of the molecule is CCCOC(=O)N1CCN(C(=O)c2ccc3c(Cl)cc(-c4cnc5[nH]ccc5c4)nc3c2)C[C@H]1C. The van der Waals surface area contributed by atoms with Crippen LogP contribution in [-0.4, -0.2) is 69.0 Å². The maximum absolute atomic E-state index is 13.3. The van der Waals surface area contributed by atoms with Crippen LogP contribution in [0.1, 0.15) is 30.6 Å². The molecule has 0 saturated carbocycles. The van der Waals surface area contributed by atoms with Gasteiger partial charge in [0.15, 0.2) is 0 Å².